The fraction of sp³-hybridized carbons (Fsp3) is 0.286. The molecule has 3 aromatic rings. The van der Waals surface area contributed by atoms with Gasteiger partial charge in [0.2, 0.25) is 0 Å². The van der Waals surface area contributed by atoms with Crippen molar-refractivity contribution in [1.82, 2.24) is 20.4 Å². The normalized spacial score (nSPS) is 17.6. The Hall–Kier alpha value is -2.99. The lowest BCUT2D eigenvalue weighted by atomic mass is 10.1. The van der Waals surface area contributed by atoms with Crippen LogP contribution in [0, 0.1) is 0 Å². The SMILES string of the molecule is O=C(NC1CCCN(Cc2ccccn2)C1)c1cc(-c2ccccc2)on1. The maximum Gasteiger partial charge on any atom is 0.273 e. The summed E-state index contributed by atoms with van der Waals surface area (Å²) in [6.07, 6.45) is 3.83. The first kappa shape index (κ1) is 17.4. The van der Waals surface area contributed by atoms with E-state index in [0.29, 0.717) is 11.5 Å². The topological polar surface area (TPSA) is 71.3 Å². The number of piperidine rings is 1. The van der Waals surface area contributed by atoms with Gasteiger partial charge in [-0.15, -0.1) is 0 Å². The van der Waals surface area contributed by atoms with E-state index in [1.807, 2.05) is 54.7 Å². The van der Waals surface area contributed by atoms with E-state index in [9.17, 15) is 4.79 Å². The summed E-state index contributed by atoms with van der Waals surface area (Å²) in [5.41, 5.74) is 2.27. The third-order valence-electron chi connectivity index (χ3n) is 4.75. The van der Waals surface area contributed by atoms with E-state index in [1.54, 1.807) is 6.07 Å². The van der Waals surface area contributed by atoms with Gasteiger partial charge in [0.25, 0.3) is 5.91 Å². The van der Waals surface area contributed by atoms with E-state index < -0.39 is 0 Å². The number of amides is 1. The van der Waals surface area contributed by atoms with Gasteiger partial charge in [0, 0.05) is 37.0 Å². The molecule has 0 bridgehead atoms. The van der Waals surface area contributed by atoms with Gasteiger partial charge in [0.15, 0.2) is 11.5 Å². The molecule has 0 aliphatic carbocycles. The molecule has 0 saturated carbocycles. The maximum atomic E-state index is 12.6. The third-order valence-corrected chi connectivity index (χ3v) is 4.75. The number of hydrogen-bond acceptors (Lipinski definition) is 5. The number of carbonyl (C=O) groups is 1. The van der Waals surface area contributed by atoms with E-state index in [1.165, 1.54) is 0 Å². The van der Waals surface area contributed by atoms with Crippen molar-refractivity contribution in [2.75, 3.05) is 13.1 Å². The van der Waals surface area contributed by atoms with E-state index in [-0.39, 0.29) is 11.9 Å². The Labute approximate surface area is 158 Å². The van der Waals surface area contributed by atoms with Crippen LogP contribution in [0.5, 0.6) is 0 Å². The predicted octanol–water partition coefficient (Wildman–Crippen LogP) is 3.13. The van der Waals surface area contributed by atoms with E-state index in [0.717, 1.165) is 43.7 Å². The largest absolute Gasteiger partial charge is 0.355 e. The van der Waals surface area contributed by atoms with Crippen LogP contribution in [0.2, 0.25) is 0 Å². The second kappa shape index (κ2) is 8.14. The van der Waals surface area contributed by atoms with Crippen molar-refractivity contribution in [3.8, 4) is 11.3 Å². The molecule has 1 saturated heterocycles. The number of aromatic nitrogens is 2. The van der Waals surface area contributed by atoms with Gasteiger partial charge in [-0.1, -0.05) is 41.6 Å². The Morgan fingerprint density at radius 1 is 1.19 bits per heavy atom. The minimum atomic E-state index is -0.189. The molecule has 1 aliphatic heterocycles. The lowest BCUT2D eigenvalue weighted by molar-refractivity contribution is 0.0891. The summed E-state index contributed by atoms with van der Waals surface area (Å²) in [6.45, 7) is 2.63. The highest BCUT2D eigenvalue weighted by Gasteiger charge is 2.23. The molecule has 6 nitrogen and oxygen atoms in total. The zero-order valence-electron chi connectivity index (χ0n) is 15.0. The van der Waals surface area contributed by atoms with Crippen LogP contribution in [-0.4, -0.2) is 40.1 Å². The first-order chi connectivity index (χ1) is 13.3. The van der Waals surface area contributed by atoms with Crippen molar-refractivity contribution in [3.05, 3.63) is 72.2 Å². The molecule has 2 aromatic heterocycles. The molecule has 138 valence electrons. The van der Waals surface area contributed by atoms with Crippen LogP contribution >= 0.6 is 0 Å². The van der Waals surface area contributed by atoms with Crippen LogP contribution in [0.3, 0.4) is 0 Å². The molecule has 27 heavy (non-hydrogen) atoms. The number of nitrogens with one attached hydrogen (secondary N) is 1. The average molecular weight is 362 g/mol. The molecule has 1 aromatic carbocycles. The number of hydrogen-bond donors (Lipinski definition) is 1. The predicted molar refractivity (Wildman–Crippen MR) is 102 cm³/mol. The number of pyridine rings is 1. The van der Waals surface area contributed by atoms with Crippen molar-refractivity contribution in [1.29, 1.82) is 0 Å². The highest BCUT2D eigenvalue weighted by atomic mass is 16.5. The minimum Gasteiger partial charge on any atom is -0.355 e. The van der Waals surface area contributed by atoms with Gasteiger partial charge in [-0.3, -0.25) is 14.7 Å². The fourth-order valence-electron chi connectivity index (χ4n) is 3.42. The third kappa shape index (κ3) is 4.41. The van der Waals surface area contributed by atoms with Gasteiger partial charge in [0.05, 0.1) is 5.69 Å². The Morgan fingerprint density at radius 2 is 2.04 bits per heavy atom. The smallest absolute Gasteiger partial charge is 0.273 e. The van der Waals surface area contributed by atoms with E-state index >= 15 is 0 Å². The number of benzene rings is 1. The number of rotatable bonds is 5. The molecule has 0 radical (unpaired) electrons. The van der Waals surface area contributed by atoms with Crippen LogP contribution < -0.4 is 5.32 Å². The van der Waals surface area contributed by atoms with Crippen molar-refractivity contribution >= 4 is 5.91 Å². The minimum absolute atomic E-state index is 0.104. The van der Waals surface area contributed by atoms with Crippen LogP contribution in [0.25, 0.3) is 11.3 Å². The van der Waals surface area contributed by atoms with Crippen LogP contribution in [0.4, 0.5) is 0 Å². The highest BCUT2D eigenvalue weighted by Crippen LogP contribution is 2.20. The second-order valence-electron chi connectivity index (χ2n) is 6.81. The highest BCUT2D eigenvalue weighted by molar-refractivity contribution is 5.93. The standard InChI is InChI=1S/C21H22N4O2/c26-21(19-13-20(27-24-19)16-7-2-1-3-8-16)23-18-10-6-12-25(15-18)14-17-9-4-5-11-22-17/h1-5,7-9,11,13,18H,6,10,12,14-15H2,(H,23,26). The number of likely N-dealkylation sites (tertiary alicyclic amines) is 1. The van der Waals surface area contributed by atoms with Gasteiger partial charge in [-0.25, -0.2) is 0 Å². The van der Waals surface area contributed by atoms with Crippen molar-refractivity contribution in [2.45, 2.75) is 25.4 Å². The van der Waals surface area contributed by atoms with Crippen molar-refractivity contribution in [3.63, 3.8) is 0 Å². The van der Waals surface area contributed by atoms with Crippen molar-refractivity contribution < 1.29 is 9.32 Å². The first-order valence-electron chi connectivity index (χ1n) is 9.23. The van der Waals surface area contributed by atoms with Gasteiger partial charge < -0.3 is 9.84 Å². The summed E-state index contributed by atoms with van der Waals surface area (Å²) in [5.74, 6) is 0.409. The summed E-state index contributed by atoms with van der Waals surface area (Å²) in [6, 6.07) is 17.4. The molecule has 1 unspecified atom stereocenters. The monoisotopic (exact) mass is 362 g/mol. The number of carbonyl (C=O) groups excluding carboxylic acids is 1. The molecule has 3 heterocycles. The van der Waals surface area contributed by atoms with Gasteiger partial charge in [-0.2, -0.15) is 0 Å². The molecular weight excluding hydrogens is 340 g/mol. The van der Waals surface area contributed by atoms with Crippen LogP contribution in [0.1, 0.15) is 29.0 Å². The Balaban J connectivity index is 1.36. The summed E-state index contributed by atoms with van der Waals surface area (Å²) >= 11 is 0. The summed E-state index contributed by atoms with van der Waals surface area (Å²) in [5, 5.41) is 7.03. The van der Waals surface area contributed by atoms with Crippen LogP contribution in [-0.2, 0) is 6.54 Å². The molecule has 6 heteroatoms. The molecule has 1 aliphatic rings. The zero-order valence-corrected chi connectivity index (χ0v) is 15.0. The fourth-order valence-corrected chi connectivity index (χ4v) is 3.42. The first-order valence-corrected chi connectivity index (χ1v) is 9.23. The van der Waals surface area contributed by atoms with Gasteiger partial charge >= 0.3 is 0 Å². The molecular formula is C21H22N4O2. The van der Waals surface area contributed by atoms with E-state index in [4.69, 9.17) is 4.52 Å². The molecule has 0 spiro atoms. The van der Waals surface area contributed by atoms with Crippen LogP contribution in [0.15, 0.2) is 65.3 Å². The Kier molecular flexibility index (Phi) is 5.25. The maximum absolute atomic E-state index is 12.6. The molecule has 1 N–H and O–H groups in total. The molecule has 1 amide bonds. The average Bonchev–Trinajstić information content (AvgIpc) is 3.20. The van der Waals surface area contributed by atoms with Gasteiger partial charge in [-0.05, 0) is 31.5 Å². The molecule has 1 atom stereocenters. The quantitative estimate of drug-likeness (QED) is 0.755. The lowest BCUT2D eigenvalue weighted by Gasteiger charge is -2.32. The summed E-state index contributed by atoms with van der Waals surface area (Å²) < 4.78 is 5.33. The van der Waals surface area contributed by atoms with E-state index in [2.05, 4.69) is 20.4 Å². The van der Waals surface area contributed by atoms with Gasteiger partial charge in [0.1, 0.15) is 0 Å². The van der Waals surface area contributed by atoms with Crippen molar-refractivity contribution in [2.24, 2.45) is 0 Å². The summed E-state index contributed by atoms with van der Waals surface area (Å²) in [4.78, 5) is 19.3. The lowest BCUT2D eigenvalue weighted by Crippen LogP contribution is -2.47. The Bertz CT molecular complexity index is 879. The Morgan fingerprint density at radius 3 is 2.85 bits per heavy atom. The second-order valence-corrected chi connectivity index (χ2v) is 6.81. The molecule has 4 rings (SSSR count). The number of nitrogens with zero attached hydrogens (tertiary/aromatic N) is 3. The summed E-state index contributed by atoms with van der Waals surface area (Å²) in [7, 11) is 0. The molecule has 1 fully saturated rings. The zero-order chi connectivity index (χ0) is 18.5.